The zero-order valence-electron chi connectivity index (χ0n) is 10.4. The number of aryl methyl sites for hydroxylation is 2. The van der Waals surface area contributed by atoms with E-state index < -0.39 is 5.97 Å². The van der Waals surface area contributed by atoms with Gasteiger partial charge in [-0.2, -0.15) is 0 Å². The van der Waals surface area contributed by atoms with E-state index in [1.807, 2.05) is 13.0 Å². The molecule has 0 unspecified atom stereocenters. The van der Waals surface area contributed by atoms with Gasteiger partial charge in [-0.3, -0.25) is 0 Å². The van der Waals surface area contributed by atoms with E-state index in [4.69, 9.17) is 5.11 Å². The second-order valence-electron chi connectivity index (χ2n) is 5.05. The summed E-state index contributed by atoms with van der Waals surface area (Å²) in [5, 5.41) is 8.97. The fraction of sp³-hybridized carbons (Fsp3) is 0.429. The number of benzene rings is 1. The Hall–Kier alpha value is -1.84. The molecular formula is C14H16N2O2. The number of nitrogens with zero attached hydrogens (tertiary/aromatic N) is 2. The van der Waals surface area contributed by atoms with Gasteiger partial charge in [0.25, 0.3) is 0 Å². The van der Waals surface area contributed by atoms with Gasteiger partial charge in [-0.05, 0) is 37.5 Å². The number of carboxylic acid groups (broad SMARTS) is 1. The van der Waals surface area contributed by atoms with Gasteiger partial charge < -0.3 is 9.67 Å². The van der Waals surface area contributed by atoms with Gasteiger partial charge in [-0.1, -0.05) is 12.8 Å². The van der Waals surface area contributed by atoms with Gasteiger partial charge >= 0.3 is 5.97 Å². The third kappa shape index (κ3) is 1.98. The number of imidazole rings is 1. The van der Waals surface area contributed by atoms with E-state index in [0.717, 1.165) is 29.3 Å². The molecule has 0 aliphatic heterocycles. The zero-order chi connectivity index (χ0) is 12.7. The zero-order valence-corrected chi connectivity index (χ0v) is 10.4. The molecule has 0 amide bonds. The van der Waals surface area contributed by atoms with Gasteiger partial charge in [0.2, 0.25) is 0 Å². The van der Waals surface area contributed by atoms with Crippen molar-refractivity contribution in [3.05, 3.63) is 29.6 Å². The van der Waals surface area contributed by atoms with E-state index in [-0.39, 0.29) is 0 Å². The lowest BCUT2D eigenvalue weighted by molar-refractivity contribution is 0.0697. The lowest BCUT2D eigenvalue weighted by Gasteiger charge is -2.05. The van der Waals surface area contributed by atoms with Gasteiger partial charge in [0, 0.05) is 6.54 Å². The van der Waals surface area contributed by atoms with Crippen LogP contribution >= 0.6 is 0 Å². The summed E-state index contributed by atoms with van der Waals surface area (Å²) in [5.41, 5.74) is 2.12. The van der Waals surface area contributed by atoms with Crippen LogP contribution in [0.3, 0.4) is 0 Å². The molecule has 18 heavy (non-hydrogen) atoms. The van der Waals surface area contributed by atoms with Crippen molar-refractivity contribution < 1.29 is 9.90 Å². The Labute approximate surface area is 105 Å². The van der Waals surface area contributed by atoms with Gasteiger partial charge in [0.05, 0.1) is 16.6 Å². The van der Waals surface area contributed by atoms with E-state index in [1.165, 1.54) is 19.3 Å². The summed E-state index contributed by atoms with van der Waals surface area (Å²) >= 11 is 0. The number of carboxylic acids is 1. The van der Waals surface area contributed by atoms with Gasteiger partial charge in [0.15, 0.2) is 0 Å². The van der Waals surface area contributed by atoms with Crippen molar-refractivity contribution in [1.29, 1.82) is 0 Å². The summed E-state index contributed by atoms with van der Waals surface area (Å²) in [6, 6.07) is 5.17. The SMILES string of the molecule is Cc1nc2cc(C(=O)O)ccc2n1CCC1CC1. The van der Waals surface area contributed by atoms with Crippen LogP contribution in [0.25, 0.3) is 11.0 Å². The molecule has 94 valence electrons. The number of aromatic nitrogens is 2. The maximum Gasteiger partial charge on any atom is 0.335 e. The van der Waals surface area contributed by atoms with E-state index in [0.29, 0.717) is 5.56 Å². The third-order valence-electron chi connectivity index (χ3n) is 3.64. The Morgan fingerprint density at radius 2 is 2.28 bits per heavy atom. The highest BCUT2D eigenvalue weighted by molar-refractivity contribution is 5.92. The summed E-state index contributed by atoms with van der Waals surface area (Å²) in [6.07, 6.45) is 3.91. The first-order valence-electron chi connectivity index (χ1n) is 6.35. The molecule has 4 nitrogen and oxygen atoms in total. The number of hydrogen-bond donors (Lipinski definition) is 1. The van der Waals surface area contributed by atoms with E-state index >= 15 is 0 Å². The summed E-state index contributed by atoms with van der Waals surface area (Å²) in [6.45, 7) is 2.97. The lowest BCUT2D eigenvalue weighted by atomic mass is 10.2. The van der Waals surface area contributed by atoms with Crippen molar-refractivity contribution in [2.45, 2.75) is 32.7 Å². The standard InChI is InChI=1S/C14H16N2O2/c1-9-15-12-8-11(14(17)18)4-5-13(12)16(9)7-6-10-2-3-10/h4-5,8,10H,2-3,6-7H2,1H3,(H,17,18). The number of hydrogen-bond acceptors (Lipinski definition) is 2. The molecule has 4 heteroatoms. The van der Waals surface area contributed by atoms with E-state index in [1.54, 1.807) is 12.1 Å². The molecule has 1 aliphatic carbocycles. The van der Waals surface area contributed by atoms with Crippen LogP contribution < -0.4 is 0 Å². The fourth-order valence-corrected chi connectivity index (χ4v) is 2.38. The first-order valence-corrected chi connectivity index (χ1v) is 6.35. The lowest BCUT2D eigenvalue weighted by Crippen LogP contribution is -2.01. The molecule has 1 aliphatic rings. The van der Waals surface area contributed by atoms with Crippen molar-refractivity contribution in [3.63, 3.8) is 0 Å². The Kier molecular flexibility index (Phi) is 2.58. The van der Waals surface area contributed by atoms with Crippen LogP contribution in [-0.4, -0.2) is 20.6 Å². The van der Waals surface area contributed by atoms with Crippen LogP contribution in [0.5, 0.6) is 0 Å². The fourth-order valence-electron chi connectivity index (χ4n) is 2.38. The van der Waals surface area contributed by atoms with Crippen molar-refractivity contribution in [2.75, 3.05) is 0 Å². The second-order valence-corrected chi connectivity index (χ2v) is 5.05. The van der Waals surface area contributed by atoms with Crippen molar-refractivity contribution in [3.8, 4) is 0 Å². The first-order chi connectivity index (χ1) is 8.65. The number of aromatic carboxylic acids is 1. The second kappa shape index (κ2) is 4.12. The molecule has 0 radical (unpaired) electrons. The predicted molar refractivity (Wildman–Crippen MR) is 68.8 cm³/mol. The molecule has 0 saturated heterocycles. The van der Waals surface area contributed by atoms with Crippen LogP contribution in [0.15, 0.2) is 18.2 Å². The smallest absolute Gasteiger partial charge is 0.335 e. The largest absolute Gasteiger partial charge is 0.478 e. The molecule has 3 rings (SSSR count). The quantitative estimate of drug-likeness (QED) is 0.899. The average Bonchev–Trinajstić information content (AvgIpc) is 3.09. The monoisotopic (exact) mass is 244 g/mol. The molecule has 0 atom stereocenters. The molecule has 1 N–H and O–H groups in total. The van der Waals surface area contributed by atoms with E-state index in [2.05, 4.69) is 9.55 Å². The number of carbonyl (C=O) groups is 1. The molecule has 1 fully saturated rings. The maximum absolute atomic E-state index is 10.9. The molecule has 1 aromatic carbocycles. The topological polar surface area (TPSA) is 55.1 Å². The number of fused-ring (bicyclic) bond motifs is 1. The molecule has 0 bridgehead atoms. The summed E-state index contributed by atoms with van der Waals surface area (Å²) < 4.78 is 2.19. The minimum absolute atomic E-state index is 0.300. The van der Waals surface area contributed by atoms with Crippen LogP contribution in [0.1, 0.15) is 35.4 Å². The summed E-state index contributed by atoms with van der Waals surface area (Å²) in [4.78, 5) is 15.4. The Morgan fingerprint density at radius 1 is 1.50 bits per heavy atom. The Bertz CT molecular complexity index is 612. The molecule has 1 aromatic heterocycles. The maximum atomic E-state index is 10.9. The summed E-state index contributed by atoms with van der Waals surface area (Å²) in [7, 11) is 0. The van der Waals surface area contributed by atoms with Crippen molar-refractivity contribution >= 4 is 17.0 Å². The van der Waals surface area contributed by atoms with Gasteiger partial charge in [-0.25, -0.2) is 9.78 Å². The normalized spacial score (nSPS) is 15.2. The van der Waals surface area contributed by atoms with Gasteiger partial charge in [-0.15, -0.1) is 0 Å². The molecule has 1 saturated carbocycles. The first kappa shape index (κ1) is 11.3. The minimum atomic E-state index is -0.901. The van der Waals surface area contributed by atoms with Crippen LogP contribution in [0, 0.1) is 12.8 Å². The van der Waals surface area contributed by atoms with E-state index in [9.17, 15) is 4.79 Å². The Balaban J connectivity index is 1.97. The van der Waals surface area contributed by atoms with Crippen LogP contribution in [0.4, 0.5) is 0 Å². The highest BCUT2D eigenvalue weighted by Crippen LogP contribution is 2.33. The highest BCUT2D eigenvalue weighted by atomic mass is 16.4. The average molecular weight is 244 g/mol. The number of rotatable bonds is 4. The van der Waals surface area contributed by atoms with Crippen LogP contribution in [0.2, 0.25) is 0 Å². The highest BCUT2D eigenvalue weighted by Gasteiger charge is 2.21. The molecule has 1 heterocycles. The molecular weight excluding hydrogens is 228 g/mol. The minimum Gasteiger partial charge on any atom is -0.478 e. The van der Waals surface area contributed by atoms with Crippen molar-refractivity contribution in [2.24, 2.45) is 5.92 Å². The van der Waals surface area contributed by atoms with Gasteiger partial charge in [0.1, 0.15) is 5.82 Å². The van der Waals surface area contributed by atoms with Crippen molar-refractivity contribution in [1.82, 2.24) is 9.55 Å². The molecule has 0 spiro atoms. The van der Waals surface area contributed by atoms with Crippen LogP contribution in [-0.2, 0) is 6.54 Å². The summed E-state index contributed by atoms with van der Waals surface area (Å²) in [5.74, 6) is 0.954. The third-order valence-corrected chi connectivity index (χ3v) is 3.64. The Morgan fingerprint density at radius 3 is 2.94 bits per heavy atom. The molecule has 2 aromatic rings. The predicted octanol–water partition coefficient (Wildman–Crippen LogP) is 2.84.